The molecule has 2 aromatic rings. The molecule has 2 aliphatic rings. The lowest BCUT2D eigenvalue weighted by atomic mass is 10.1. The first kappa shape index (κ1) is 15.3. The van der Waals surface area contributed by atoms with E-state index in [1.807, 2.05) is 21.7 Å². The summed E-state index contributed by atoms with van der Waals surface area (Å²) in [6.45, 7) is 5.13. The summed E-state index contributed by atoms with van der Waals surface area (Å²) >= 11 is 3.38. The van der Waals surface area contributed by atoms with E-state index in [0.29, 0.717) is 19.1 Å². The van der Waals surface area contributed by atoms with Crippen molar-refractivity contribution in [3.05, 3.63) is 44.8 Å². The van der Waals surface area contributed by atoms with Gasteiger partial charge >= 0.3 is 0 Å². The number of likely N-dealkylation sites (tertiary alicyclic amines) is 1. The summed E-state index contributed by atoms with van der Waals surface area (Å²) in [6, 6.07) is 6.20. The minimum Gasteiger partial charge on any atom is -0.375 e. The van der Waals surface area contributed by atoms with Gasteiger partial charge in [-0.2, -0.15) is 11.3 Å². The van der Waals surface area contributed by atoms with Crippen LogP contribution in [-0.2, 0) is 11.3 Å². The van der Waals surface area contributed by atoms with E-state index in [4.69, 9.17) is 4.74 Å². The molecule has 4 nitrogen and oxygen atoms in total. The number of thiophene rings is 2. The van der Waals surface area contributed by atoms with E-state index in [0.717, 1.165) is 31.7 Å². The van der Waals surface area contributed by atoms with Crippen molar-refractivity contribution < 1.29 is 9.53 Å². The molecule has 2 atom stereocenters. The fourth-order valence-corrected chi connectivity index (χ4v) is 4.86. The van der Waals surface area contributed by atoms with Crippen LogP contribution in [0.4, 0.5) is 0 Å². The molecule has 4 rings (SSSR count). The third-order valence-electron chi connectivity index (χ3n) is 4.62. The topological polar surface area (TPSA) is 32.8 Å². The van der Waals surface area contributed by atoms with Crippen molar-refractivity contribution in [3.8, 4) is 0 Å². The highest BCUT2D eigenvalue weighted by Gasteiger charge is 2.37. The highest BCUT2D eigenvalue weighted by molar-refractivity contribution is 7.09. The Hall–Kier alpha value is -1.21. The lowest BCUT2D eigenvalue weighted by Crippen LogP contribution is -2.37. The maximum atomic E-state index is 12.6. The van der Waals surface area contributed by atoms with E-state index in [-0.39, 0.29) is 12.0 Å². The number of ether oxygens (including phenoxy) is 1. The van der Waals surface area contributed by atoms with Gasteiger partial charge in [0.1, 0.15) is 0 Å². The van der Waals surface area contributed by atoms with Crippen molar-refractivity contribution in [2.75, 3.05) is 32.8 Å². The smallest absolute Gasteiger partial charge is 0.254 e. The minimum absolute atomic E-state index is 0.146. The summed E-state index contributed by atoms with van der Waals surface area (Å²) < 4.78 is 6.04. The highest BCUT2D eigenvalue weighted by atomic mass is 32.1. The Morgan fingerprint density at radius 3 is 3.00 bits per heavy atom. The maximum Gasteiger partial charge on any atom is 0.254 e. The zero-order valence-corrected chi connectivity index (χ0v) is 14.5. The Morgan fingerprint density at radius 2 is 2.22 bits per heavy atom. The van der Waals surface area contributed by atoms with Crippen LogP contribution < -0.4 is 0 Å². The van der Waals surface area contributed by atoms with Gasteiger partial charge in [-0.3, -0.25) is 9.69 Å². The van der Waals surface area contributed by atoms with Crippen LogP contribution in [-0.4, -0.2) is 54.6 Å². The Labute approximate surface area is 144 Å². The van der Waals surface area contributed by atoms with Gasteiger partial charge < -0.3 is 9.64 Å². The Kier molecular flexibility index (Phi) is 4.48. The molecule has 0 N–H and O–H groups in total. The third-order valence-corrected chi connectivity index (χ3v) is 6.16. The molecular formula is C17H20N2O2S2. The molecule has 0 radical (unpaired) electrons. The average Bonchev–Trinajstić information content (AvgIpc) is 3.28. The van der Waals surface area contributed by atoms with Crippen LogP contribution in [0.5, 0.6) is 0 Å². The lowest BCUT2D eigenvalue weighted by molar-refractivity contribution is 0.0502. The highest BCUT2D eigenvalue weighted by Crippen LogP contribution is 2.26. The monoisotopic (exact) mass is 348 g/mol. The molecular weight excluding hydrogens is 328 g/mol. The van der Waals surface area contributed by atoms with Gasteiger partial charge in [-0.15, -0.1) is 11.3 Å². The standard InChI is InChI=1S/C17H20N2O2S2/c20-17(13-3-7-22-12-13)19-4-5-21-16-11-18(8-14(16)9-19)10-15-2-1-6-23-15/h1-3,6-7,12,14,16H,4-5,8-11H2/t14-,16-/m1/s1. The van der Waals surface area contributed by atoms with Crippen LogP contribution in [0.15, 0.2) is 34.3 Å². The SMILES string of the molecule is O=C(c1ccsc1)N1CCO[C@@H]2CN(Cc3cccs3)C[C@@H]2C1. The fourth-order valence-electron chi connectivity index (χ4n) is 3.49. The molecule has 0 bridgehead atoms. The second kappa shape index (κ2) is 6.73. The predicted octanol–water partition coefficient (Wildman–Crippen LogP) is 2.78. The first-order chi connectivity index (χ1) is 11.3. The van der Waals surface area contributed by atoms with Crippen molar-refractivity contribution in [3.63, 3.8) is 0 Å². The summed E-state index contributed by atoms with van der Waals surface area (Å²) in [4.78, 5) is 18.4. The number of amides is 1. The molecule has 2 fully saturated rings. The summed E-state index contributed by atoms with van der Waals surface area (Å²) in [5.74, 6) is 0.562. The van der Waals surface area contributed by atoms with Gasteiger partial charge in [-0.25, -0.2) is 0 Å². The second-order valence-corrected chi connectivity index (χ2v) is 8.02. The van der Waals surface area contributed by atoms with Crippen LogP contribution >= 0.6 is 22.7 Å². The molecule has 23 heavy (non-hydrogen) atoms. The Bertz CT molecular complexity index is 642. The third kappa shape index (κ3) is 3.35. The summed E-state index contributed by atoms with van der Waals surface area (Å²) in [7, 11) is 0. The number of nitrogens with zero attached hydrogens (tertiary/aromatic N) is 2. The first-order valence-corrected chi connectivity index (χ1v) is 9.79. The molecule has 1 amide bonds. The number of hydrogen-bond acceptors (Lipinski definition) is 5. The number of carbonyl (C=O) groups excluding carboxylic acids is 1. The normalized spacial score (nSPS) is 25.3. The van der Waals surface area contributed by atoms with E-state index in [2.05, 4.69) is 22.4 Å². The predicted molar refractivity (Wildman–Crippen MR) is 93.0 cm³/mol. The van der Waals surface area contributed by atoms with Crippen LogP contribution in [0.3, 0.4) is 0 Å². The lowest BCUT2D eigenvalue weighted by Gasteiger charge is -2.23. The van der Waals surface area contributed by atoms with Crippen molar-refractivity contribution in [2.24, 2.45) is 5.92 Å². The zero-order valence-electron chi connectivity index (χ0n) is 12.9. The first-order valence-electron chi connectivity index (χ1n) is 7.97. The zero-order chi connectivity index (χ0) is 15.6. The van der Waals surface area contributed by atoms with Gasteiger partial charge in [0.15, 0.2) is 0 Å². The number of fused-ring (bicyclic) bond motifs is 1. The van der Waals surface area contributed by atoms with Crippen LogP contribution in [0.1, 0.15) is 15.2 Å². The van der Waals surface area contributed by atoms with Crippen molar-refractivity contribution >= 4 is 28.6 Å². The van der Waals surface area contributed by atoms with E-state index in [9.17, 15) is 4.79 Å². The fraction of sp³-hybridized carbons (Fsp3) is 0.471. The summed E-state index contributed by atoms with van der Waals surface area (Å²) in [6.07, 6.45) is 0.259. The number of carbonyl (C=O) groups is 1. The second-order valence-electron chi connectivity index (χ2n) is 6.21. The van der Waals surface area contributed by atoms with E-state index in [1.54, 1.807) is 22.7 Å². The van der Waals surface area contributed by atoms with Gasteiger partial charge in [-0.1, -0.05) is 6.07 Å². The number of rotatable bonds is 3. The molecule has 0 aliphatic carbocycles. The van der Waals surface area contributed by atoms with Gasteiger partial charge in [0, 0.05) is 48.9 Å². The minimum atomic E-state index is 0.146. The summed E-state index contributed by atoms with van der Waals surface area (Å²) in [5, 5.41) is 6.02. The van der Waals surface area contributed by atoms with Crippen molar-refractivity contribution in [1.82, 2.24) is 9.80 Å². The molecule has 2 aromatic heterocycles. The quantitative estimate of drug-likeness (QED) is 0.855. The largest absolute Gasteiger partial charge is 0.375 e. The van der Waals surface area contributed by atoms with Gasteiger partial charge in [-0.05, 0) is 22.9 Å². The molecule has 6 heteroatoms. The van der Waals surface area contributed by atoms with E-state index in [1.165, 1.54) is 4.88 Å². The Balaban J connectivity index is 1.41. The van der Waals surface area contributed by atoms with Gasteiger partial charge in [0.2, 0.25) is 0 Å². The molecule has 0 saturated carbocycles. The van der Waals surface area contributed by atoms with Crippen LogP contribution in [0, 0.1) is 5.92 Å². The molecule has 2 aliphatic heterocycles. The molecule has 122 valence electrons. The van der Waals surface area contributed by atoms with E-state index < -0.39 is 0 Å². The van der Waals surface area contributed by atoms with Gasteiger partial charge in [0.25, 0.3) is 5.91 Å². The van der Waals surface area contributed by atoms with Crippen LogP contribution in [0.25, 0.3) is 0 Å². The van der Waals surface area contributed by atoms with E-state index >= 15 is 0 Å². The van der Waals surface area contributed by atoms with Gasteiger partial charge in [0.05, 0.1) is 18.3 Å². The number of hydrogen-bond donors (Lipinski definition) is 0. The molecule has 4 heterocycles. The molecule has 0 aromatic carbocycles. The van der Waals surface area contributed by atoms with Crippen LogP contribution in [0.2, 0.25) is 0 Å². The van der Waals surface area contributed by atoms with Crippen molar-refractivity contribution in [2.45, 2.75) is 12.6 Å². The molecule has 2 saturated heterocycles. The molecule has 0 unspecified atom stereocenters. The summed E-state index contributed by atoms with van der Waals surface area (Å²) in [5.41, 5.74) is 0.807. The van der Waals surface area contributed by atoms with Crippen molar-refractivity contribution in [1.29, 1.82) is 0 Å². The average molecular weight is 348 g/mol. The molecule has 0 spiro atoms. The maximum absolute atomic E-state index is 12.6. The Morgan fingerprint density at radius 1 is 1.26 bits per heavy atom.